The first-order chi connectivity index (χ1) is 20.7. The summed E-state index contributed by atoms with van der Waals surface area (Å²) in [7, 11) is 0. The van der Waals surface area contributed by atoms with Crippen molar-refractivity contribution >= 4 is 80.7 Å². The minimum absolute atomic E-state index is 0.103. The van der Waals surface area contributed by atoms with Crippen LogP contribution in [-0.4, -0.2) is 45.6 Å². The van der Waals surface area contributed by atoms with Crippen LogP contribution in [0.25, 0.3) is 17.0 Å². The quantitative estimate of drug-likeness (QED) is 0.151. The van der Waals surface area contributed by atoms with E-state index in [4.69, 9.17) is 27.9 Å². The predicted octanol–water partition coefficient (Wildman–Crippen LogP) is 7.55. The first-order valence-electron chi connectivity index (χ1n) is 13.5. The molecule has 0 radical (unpaired) electrons. The largest absolute Gasteiger partial charge is 0.462 e. The maximum Gasteiger partial charge on any atom is 0.339 e. The number of ether oxygens (including phenoxy) is 1. The molecule has 8 nitrogen and oxygen atoms in total. The average molecular weight is 637 g/mol. The number of imide groups is 1. The van der Waals surface area contributed by atoms with Crippen LogP contribution in [0.3, 0.4) is 0 Å². The van der Waals surface area contributed by atoms with Crippen molar-refractivity contribution in [2.45, 2.75) is 26.8 Å². The number of aromatic nitrogens is 1. The predicted molar refractivity (Wildman–Crippen MR) is 171 cm³/mol. The van der Waals surface area contributed by atoms with E-state index in [1.165, 1.54) is 18.2 Å². The number of carbonyl (C=O) groups excluding carboxylic acids is 4. The highest BCUT2D eigenvalue weighted by Crippen LogP contribution is 2.36. The molecule has 43 heavy (non-hydrogen) atoms. The molecule has 0 bridgehead atoms. The molecule has 0 aliphatic carbocycles. The number of para-hydroxylation sites is 1. The SMILES string of the molecule is CCCOC(=O)c1cc(NC(=O)CN2C(=O)S/C(=C\c3c(C)n(Cc4ccccc4Cl)c4ccccc34)C2=O)ccc1Cl. The third-order valence-electron chi connectivity index (χ3n) is 6.92. The number of nitrogens with zero attached hydrogens (tertiary/aromatic N) is 2. The van der Waals surface area contributed by atoms with Crippen LogP contribution in [0, 0.1) is 6.92 Å². The van der Waals surface area contributed by atoms with Gasteiger partial charge >= 0.3 is 5.97 Å². The molecule has 220 valence electrons. The maximum absolute atomic E-state index is 13.3. The van der Waals surface area contributed by atoms with Gasteiger partial charge in [0.2, 0.25) is 5.91 Å². The average Bonchev–Trinajstić information content (AvgIpc) is 3.41. The van der Waals surface area contributed by atoms with Gasteiger partial charge in [-0.2, -0.15) is 0 Å². The molecule has 4 aromatic rings. The smallest absolute Gasteiger partial charge is 0.339 e. The number of thioether (sulfide) groups is 1. The second kappa shape index (κ2) is 13.1. The normalized spacial score (nSPS) is 14.1. The maximum atomic E-state index is 13.3. The Bertz CT molecular complexity index is 1800. The Morgan fingerprint density at radius 2 is 1.74 bits per heavy atom. The summed E-state index contributed by atoms with van der Waals surface area (Å²) in [5.74, 6) is -1.78. The van der Waals surface area contributed by atoms with E-state index >= 15 is 0 Å². The second-order valence-corrected chi connectivity index (χ2v) is 11.6. The summed E-state index contributed by atoms with van der Waals surface area (Å²) in [6.07, 6.45) is 2.35. The summed E-state index contributed by atoms with van der Waals surface area (Å²) in [5, 5.41) is 3.83. The van der Waals surface area contributed by atoms with Crippen molar-refractivity contribution in [3.05, 3.63) is 104 Å². The fourth-order valence-electron chi connectivity index (χ4n) is 4.78. The summed E-state index contributed by atoms with van der Waals surface area (Å²) >= 11 is 13.4. The standard InChI is InChI=1S/C32H27Cl2N3O5S/c1-3-14-42-31(40)24-15-21(12-13-26(24)34)35-29(38)18-37-30(39)28(43-32(37)41)16-23-19(2)36(27-11-7-5-9-22(23)27)17-20-8-4-6-10-25(20)33/h4-13,15-16H,3,14,17-18H2,1-2H3,(H,35,38)/b28-16-. The zero-order valence-electron chi connectivity index (χ0n) is 23.4. The summed E-state index contributed by atoms with van der Waals surface area (Å²) in [6, 6.07) is 19.8. The van der Waals surface area contributed by atoms with Gasteiger partial charge in [-0.25, -0.2) is 4.79 Å². The molecule has 3 amide bonds. The lowest BCUT2D eigenvalue weighted by atomic mass is 10.1. The van der Waals surface area contributed by atoms with Gasteiger partial charge in [0.05, 0.1) is 22.1 Å². The van der Waals surface area contributed by atoms with Gasteiger partial charge in [-0.3, -0.25) is 19.3 Å². The molecular formula is C32H27Cl2N3O5S. The van der Waals surface area contributed by atoms with Gasteiger partial charge in [0, 0.05) is 39.4 Å². The lowest BCUT2D eigenvalue weighted by molar-refractivity contribution is -0.127. The fourth-order valence-corrected chi connectivity index (χ4v) is 5.99. The number of hydrogen-bond donors (Lipinski definition) is 1. The van der Waals surface area contributed by atoms with Gasteiger partial charge in [-0.15, -0.1) is 0 Å². The number of amides is 3. The van der Waals surface area contributed by atoms with E-state index < -0.39 is 29.6 Å². The van der Waals surface area contributed by atoms with E-state index in [-0.39, 0.29) is 27.8 Å². The molecule has 5 rings (SSSR count). The van der Waals surface area contributed by atoms with Crippen molar-refractivity contribution in [2.24, 2.45) is 0 Å². The lowest BCUT2D eigenvalue weighted by Gasteiger charge is -2.13. The Kier molecular flexibility index (Phi) is 9.25. The van der Waals surface area contributed by atoms with Crippen LogP contribution < -0.4 is 5.32 Å². The van der Waals surface area contributed by atoms with Crippen LogP contribution in [0.1, 0.15) is 40.5 Å². The van der Waals surface area contributed by atoms with Crippen molar-refractivity contribution in [3.63, 3.8) is 0 Å². The molecule has 1 saturated heterocycles. The van der Waals surface area contributed by atoms with Gasteiger partial charge in [0.15, 0.2) is 0 Å². The minimum atomic E-state index is -0.609. The highest BCUT2D eigenvalue weighted by atomic mass is 35.5. The van der Waals surface area contributed by atoms with E-state index in [9.17, 15) is 19.2 Å². The molecule has 0 unspecified atom stereocenters. The summed E-state index contributed by atoms with van der Waals surface area (Å²) in [6.45, 7) is 4.10. The number of fused-ring (bicyclic) bond motifs is 1. The molecule has 1 fully saturated rings. The Morgan fingerprint density at radius 3 is 2.51 bits per heavy atom. The Labute approximate surface area is 262 Å². The molecule has 0 spiro atoms. The highest BCUT2D eigenvalue weighted by Gasteiger charge is 2.36. The highest BCUT2D eigenvalue weighted by molar-refractivity contribution is 8.18. The van der Waals surface area contributed by atoms with Crippen LogP contribution in [0.5, 0.6) is 0 Å². The van der Waals surface area contributed by atoms with Crippen LogP contribution >= 0.6 is 35.0 Å². The summed E-state index contributed by atoms with van der Waals surface area (Å²) < 4.78 is 7.26. The molecule has 2 heterocycles. The first kappa shape index (κ1) is 30.4. The minimum Gasteiger partial charge on any atom is -0.462 e. The van der Waals surface area contributed by atoms with Crippen LogP contribution in [-0.2, 0) is 20.9 Å². The van der Waals surface area contributed by atoms with Gasteiger partial charge in [-0.05, 0) is 67.1 Å². The molecule has 3 aromatic carbocycles. The number of esters is 1. The number of rotatable bonds is 9. The van der Waals surface area contributed by atoms with Crippen LogP contribution in [0.4, 0.5) is 10.5 Å². The Balaban J connectivity index is 1.35. The van der Waals surface area contributed by atoms with E-state index in [1.807, 2.05) is 62.4 Å². The van der Waals surface area contributed by atoms with E-state index in [1.54, 1.807) is 6.08 Å². The molecular weight excluding hydrogens is 609 g/mol. The zero-order valence-corrected chi connectivity index (χ0v) is 25.7. The number of anilines is 1. The number of carbonyl (C=O) groups is 4. The van der Waals surface area contributed by atoms with E-state index in [2.05, 4.69) is 9.88 Å². The molecule has 1 aliphatic heterocycles. The van der Waals surface area contributed by atoms with Crippen LogP contribution in [0.2, 0.25) is 10.0 Å². The third kappa shape index (κ3) is 6.49. The van der Waals surface area contributed by atoms with E-state index in [0.717, 1.165) is 44.4 Å². The number of halogens is 2. The molecule has 0 saturated carbocycles. The molecule has 0 atom stereocenters. The van der Waals surface area contributed by atoms with Gasteiger partial charge < -0.3 is 14.6 Å². The number of hydrogen-bond acceptors (Lipinski definition) is 6. The lowest BCUT2D eigenvalue weighted by Crippen LogP contribution is -2.36. The summed E-state index contributed by atoms with van der Waals surface area (Å²) in [4.78, 5) is 52.4. The van der Waals surface area contributed by atoms with Crippen molar-refractivity contribution in [2.75, 3.05) is 18.5 Å². The molecule has 1 aromatic heterocycles. The monoisotopic (exact) mass is 635 g/mol. The zero-order chi connectivity index (χ0) is 30.7. The van der Waals surface area contributed by atoms with Crippen molar-refractivity contribution in [1.82, 2.24) is 9.47 Å². The van der Waals surface area contributed by atoms with Crippen molar-refractivity contribution < 1.29 is 23.9 Å². The van der Waals surface area contributed by atoms with Crippen LogP contribution in [0.15, 0.2) is 71.6 Å². The van der Waals surface area contributed by atoms with Crippen molar-refractivity contribution in [3.8, 4) is 0 Å². The fraction of sp³-hybridized carbons (Fsp3) is 0.188. The van der Waals surface area contributed by atoms with Crippen molar-refractivity contribution in [1.29, 1.82) is 0 Å². The number of nitrogens with one attached hydrogen (secondary N) is 1. The third-order valence-corrected chi connectivity index (χ3v) is 8.53. The number of benzene rings is 3. The molecule has 1 N–H and O–H groups in total. The Morgan fingerprint density at radius 1 is 1.00 bits per heavy atom. The van der Waals surface area contributed by atoms with Gasteiger partial charge in [0.25, 0.3) is 11.1 Å². The molecule has 11 heteroatoms. The van der Waals surface area contributed by atoms with E-state index in [0.29, 0.717) is 18.0 Å². The first-order valence-corrected chi connectivity index (χ1v) is 15.1. The van der Waals surface area contributed by atoms with Gasteiger partial charge in [-0.1, -0.05) is 66.5 Å². The topological polar surface area (TPSA) is 97.7 Å². The second-order valence-electron chi connectivity index (χ2n) is 9.84. The Hall–Kier alpha value is -4.05. The molecule has 1 aliphatic rings. The summed E-state index contributed by atoms with van der Waals surface area (Å²) in [5.41, 5.74) is 4.01. The van der Waals surface area contributed by atoms with Gasteiger partial charge in [0.1, 0.15) is 6.54 Å².